The number of piperidine rings is 1. The van der Waals surface area contributed by atoms with Gasteiger partial charge in [0.1, 0.15) is 12.2 Å². The van der Waals surface area contributed by atoms with E-state index >= 15 is 0 Å². The molecule has 1 amide bonds. The van der Waals surface area contributed by atoms with E-state index in [-0.39, 0.29) is 29.5 Å². The van der Waals surface area contributed by atoms with Crippen LogP contribution in [-0.2, 0) is 14.8 Å². The standard InChI is InChI=1S/C16H21N5O4S/c1-26(23,24)21-8-2-12(3-9-21)16(22)20-7-4-13(11-20)25-15-14(10-17)18-5-6-19-15/h5-6,12-13H,2-4,7-9,11H2,1H3/t13-/m0/s1. The van der Waals surface area contributed by atoms with Crippen LogP contribution in [0.5, 0.6) is 5.88 Å². The molecule has 0 unspecified atom stereocenters. The first-order valence-corrected chi connectivity index (χ1v) is 10.3. The molecule has 9 nitrogen and oxygen atoms in total. The molecule has 0 saturated carbocycles. The maximum atomic E-state index is 12.7. The molecule has 0 spiro atoms. The zero-order valence-electron chi connectivity index (χ0n) is 14.5. The molecule has 1 atom stereocenters. The molecule has 0 bridgehead atoms. The van der Waals surface area contributed by atoms with Gasteiger partial charge in [-0.25, -0.2) is 22.7 Å². The maximum Gasteiger partial charge on any atom is 0.251 e. The van der Waals surface area contributed by atoms with Gasteiger partial charge in [0, 0.05) is 44.4 Å². The number of carbonyl (C=O) groups excluding carboxylic acids is 1. The summed E-state index contributed by atoms with van der Waals surface area (Å²) < 4.78 is 30.3. The van der Waals surface area contributed by atoms with E-state index in [0.29, 0.717) is 45.4 Å². The van der Waals surface area contributed by atoms with E-state index in [1.165, 1.54) is 23.0 Å². The number of amides is 1. The number of hydrogen-bond donors (Lipinski definition) is 0. The molecule has 0 radical (unpaired) electrons. The third-order valence-corrected chi connectivity index (χ3v) is 6.08. The molecular weight excluding hydrogens is 358 g/mol. The van der Waals surface area contributed by atoms with Crippen molar-refractivity contribution in [3.05, 3.63) is 18.1 Å². The first-order valence-electron chi connectivity index (χ1n) is 8.50. The molecule has 3 rings (SSSR count). The lowest BCUT2D eigenvalue weighted by atomic mass is 9.97. The van der Waals surface area contributed by atoms with E-state index in [2.05, 4.69) is 9.97 Å². The zero-order chi connectivity index (χ0) is 18.7. The Kier molecular flexibility index (Phi) is 5.38. The smallest absolute Gasteiger partial charge is 0.251 e. The van der Waals surface area contributed by atoms with Crippen LogP contribution in [-0.4, -0.2) is 72.0 Å². The van der Waals surface area contributed by atoms with Crippen molar-refractivity contribution in [2.45, 2.75) is 25.4 Å². The molecule has 26 heavy (non-hydrogen) atoms. The highest BCUT2D eigenvalue weighted by molar-refractivity contribution is 7.88. The molecule has 2 saturated heterocycles. The third-order valence-electron chi connectivity index (χ3n) is 4.78. The molecule has 140 valence electrons. The number of hydrogen-bond acceptors (Lipinski definition) is 7. The average molecular weight is 379 g/mol. The van der Waals surface area contributed by atoms with Gasteiger partial charge in [-0.15, -0.1) is 0 Å². The third kappa shape index (κ3) is 4.11. The second kappa shape index (κ2) is 7.55. The Labute approximate surface area is 152 Å². The van der Waals surface area contributed by atoms with Gasteiger partial charge < -0.3 is 9.64 Å². The van der Waals surface area contributed by atoms with E-state index in [1.54, 1.807) is 4.90 Å². The molecule has 1 aromatic heterocycles. The van der Waals surface area contributed by atoms with E-state index in [1.807, 2.05) is 6.07 Å². The minimum atomic E-state index is -3.19. The summed E-state index contributed by atoms with van der Waals surface area (Å²) in [6.45, 7) is 1.78. The number of rotatable bonds is 4. The van der Waals surface area contributed by atoms with E-state index in [4.69, 9.17) is 10.00 Å². The van der Waals surface area contributed by atoms with Gasteiger partial charge in [-0.1, -0.05) is 0 Å². The Morgan fingerprint density at radius 3 is 2.58 bits per heavy atom. The van der Waals surface area contributed by atoms with Crippen LogP contribution in [0.4, 0.5) is 0 Å². The molecule has 0 aromatic carbocycles. The molecule has 2 aliphatic heterocycles. The van der Waals surface area contributed by atoms with Gasteiger partial charge in [-0.2, -0.15) is 5.26 Å². The van der Waals surface area contributed by atoms with Gasteiger partial charge in [0.05, 0.1) is 12.8 Å². The van der Waals surface area contributed by atoms with Crippen molar-refractivity contribution in [2.75, 3.05) is 32.4 Å². The second-order valence-electron chi connectivity index (χ2n) is 6.57. The molecule has 0 aliphatic carbocycles. The highest BCUT2D eigenvalue weighted by Crippen LogP contribution is 2.25. The monoisotopic (exact) mass is 379 g/mol. The van der Waals surface area contributed by atoms with Crippen molar-refractivity contribution >= 4 is 15.9 Å². The van der Waals surface area contributed by atoms with Gasteiger partial charge in [0.2, 0.25) is 21.6 Å². The minimum Gasteiger partial charge on any atom is -0.470 e. The van der Waals surface area contributed by atoms with E-state index < -0.39 is 10.0 Å². The molecule has 10 heteroatoms. The summed E-state index contributed by atoms with van der Waals surface area (Å²) in [5, 5.41) is 9.04. The van der Waals surface area contributed by atoms with Gasteiger partial charge in [-0.05, 0) is 12.8 Å². The van der Waals surface area contributed by atoms with Gasteiger partial charge in [0.15, 0.2) is 0 Å². The predicted octanol–water partition coefficient (Wildman–Crippen LogP) is -0.000420. The predicted molar refractivity (Wildman–Crippen MR) is 91.5 cm³/mol. The van der Waals surface area contributed by atoms with Crippen molar-refractivity contribution < 1.29 is 17.9 Å². The van der Waals surface area contributed by atoms with Crippen molar-refractivity contribution in [2.24, 2.45) is 5.92 Å². The summed E-state index contributed by atoms with van der Waals surface area (Å²) in [6.07, 6.45) is 5.60. The number of nitriles is 1. The van der Waals surface area contributed by atoms with Crippen LogP contribution < -0.4 is 4.74 Å². The van der Waals surface area contributed by atoms with Crippen LogP contribution in [0.15, 0.2) is 12.4 Å². The summed E-state index contributed by atoms with van der Waals surface area (Å²) in [6, 6.07) is 1.94. The van der Waals surface area contributed by atoms with Crippen LogP contribution in [0.1, 0.15) is 25.0 Å². The van der Waals surface area contributed by atoms with Crippen LogP contribution >= 0.6 is 0 Å². The quantitative estimate of drug-likeness (QED) is 0.723. The largest absolute Gasteiger partial charge is 0.470 e. The van der Waals surface area contributed by atoms with E-state index in [0.717, 1.165) is 0 Å². The fraction of sp³-hybridized carbons (Fsp3) is 0.625. The Morgan fingerprint density at radius 1 is 1.23 bits per heavy atom. The summed E-state index contributed by atoms with van der Waals surface area (Å²) >= 11 is 0. The fourth-order valence-electron chi connectivity index (χ4n) is 3.36. The summed E-state index contributed by atoms with van der Waals surface area (Å²) in [7, 11) is -3.19. The Bertz CT molecular complexity index is 814. The summed E-state index contributed by atoms with van der Waals surface area (Å²) in [5.74, 6) is 0.0811. The van der Waals surface area contributed by atoms with Crippen LogP contribution in [0, 0.1) is 17.2 Å². The van der Waals surface area contributed by atoms with Gasteiger partial charge in [0.25, 0.3) is 5.88 Å². The Morgan fingerprint density at radius 2 is 1.92 bits per heavy atom. The lowest BCUT2D eigenvalue weighted by Crippen LogP contribution is -2.43. The highest BCUT2D eigenvalue weighted by atomic mass is 32.2. The highest BCUT2D eigenvalue weighted by Gasteiger charge is 2.35. The van der Waals surface area contributed by atoms with Crippen LogP contribution in [0.3, 0.4) is 0 Å². The Hall–Kier alpha value is -2.25. The number of carbonyl (C=O) groups is 1. The topological polar surface area (TPSA) is 116 Å². The number of aromatic nitrogens is 2. The lowest BCUT2D eigenvalue weighted by Gasteiger charge is -2.31. The molecule has 1 aromatic rings. The SMILES string of the molecule is CS(=O)(=O)N1CCC(C(=O)N2CC[C@H](Oc3nccnc3C#N)C2)CC1. The fourth-order valence-corrected chi connectivity index (χ4v) is 4.24. The molecule has 3 heterocycles. The summed E-state index contributed by atoms with van der Waals surface area (Å²) in [4.78, 5) is 22.4. The maximum absolute atomic E-state index is 12.7. The van der Waals surface area contributed by atoms with Crippen molar-refractivity contribution in [3.63, 3.8) is 0 Å². The Balaban J connectivity index is 1.54. The van der Waals surface area contributed by atoms with Gasteiger partial charge in [-0.3, -0.25) is 4.79 Å². The minimum absolute atomic E-state index is 0.0453. The van der Waals surface area contributed by atoms with Gasteiger partial charge >= 0.3 is 0 Å². The average Bonchev–Trinajstić information content (AvgIpc) is 3.09. The van der Waals surface area contributed by atoms with Crippen LogP contribution in [0.25, 0.3) is 0 Å². The van der Waals surface area contributed by atoms with E-state index in [9.17, 15) is 13.2 Å². The second-order valence-corrected chi connectivity index (χ2v) is 8.55. The number of ether oxygens (including phenoxy) is 1. The number of likely N-dealkylation sites (tertiary alicyclic amines) is 1. The number of sulfonamides is 1. The van der Waals surface area contributed by atoms with Crippen molar-refractivity contribution in [1.29, 1.82) is 5.26 Å². The molecule has 2 fully saturated rings. The first-order chi connectivity index (χ1) is 12.4. The summed E-state index contributed by atoms with van der Waals surface area (Å²) in [5.41, 5.74) is 0.130. The van der Waals surface area contributed by atoms with Crippen LogP contribution in [0.2, 0.25) is 0 Å². The van der Waals surface area contributed by atoms with Crippen molar-refractivity contribution in [3.8, 4) is 11.9 Å². The normalized spacial score (nSPS) is 22.2. The lowest BCUT2D eigenvalue weighted by molar-refractivity contribution is -0.135. The first kappa shape index (κ1) is 18.5. The molecule has 0 N–H and O–H groups in total. The van der Waals surface area contributed by atoms with Crippen molar-refractivity contribution in [1.82, 2.24) is 19.2 Å². The molecule has 2 aliphatic rings. The zero-order valence-corrected chi connectivity index (χ0v) is 15.4. The molecular formula is C16H21N5O4S. The number of nitrogens with zero attached hydrogens (tertiary/aromatic N) is 5.